The molecule has 0 saturated heterocycles. The lowest BCUT2D eigenvalue weighted by Crippen LogP contribution is -1.96. The highest BCUT2D eigenvalue weighted by Gasteiger charge is 2.07. The summed E-state index contributed by atoms with van der Waals surface area (Å²) in [6, 6.07) is 9.66. The van der Waals surface area contributed by atoms with E-state index in [2.05, 4.69) is 10.5 Å². The Morgan fingerprint density at radius 3 is 2.59 bits per heavy atom. The van der Waals surface area contributed by atoms with Crippen molar-refractivity contribution in [3.8, 4) is 11.5 Å². The van der Waals surface area contributed by atoms with Gasteiger partial charge in [-0.05, 0) is 64.6 Å². The number of ether oxygens (including phenoxy) is 1. The van der Waals surface area contributed by atoms with Crippen molar-refractivity contribution in [2.45, 2.75) is 0 Å². The number of carboxylic acid groups (broad SMARTS) is 1. The first-order chi connectivity index (χ1) is 10.5. The maximum Gasteiger partial charge on any atom is 0.335 e. The molecule has 0 radical (unpaired) electrons. The number of halogens is 1. The zero-order valence-electron chi connectivity index (χ0n) is 11.6. The van der Waals surface area contributed by atoms with Gasteiger partial charge in [-0.25, -0.2) is 4.79 Å². The first-order valence-electron chi connectivity index (χ1n) is 6.20. The Hall–Kier alpha value is -2.29. The molecule has 3 N–H and O–H groups in total. The summed E-state index contributed by atoms with van der Waals surface area (Å²) in [5.41, 5.74) is 4.44. The summed E-state index contributed by atoms with van der Waals surface area (Å²) in [6.07, 6.45) is 1.58. The number of phenolic OH excluding ortho intramolecular Hbond substituents is 1. The van der Waals surface area contributed by atoms with Crippen LogP contribution in [0.2, 0.25) is 0 Å². The molecule has 0 unspecified atom stereocenters. The van der Waals surface area contributed by atoms with E-state index in [1.54, 1.807) is 30.5 Å². The van der Waals surface area contributed by atoms with Crippen LogP contribution in [0.25, 0.3) is 0 Å². The normalized spacial score (nSPS) is 10.6. The van der Waals surface area contributed by atoms with Crippen LogP contribution in [-0.2, 0) is 0 Å². The summed E-state index contributed by atoms with van der Waals surface area (Å²) in [5.74, 6) is -0.502. The lowest BCUT2D eigenvalue weighted by molar-refractivity contribution is 0.0697. The third-order valence-corrected chi connectivity index (χ3v) is 3.63. The summed E-state index contributed by atoms with van der Waals surface area (Å²) in [7, 11) is 1.48. The number of benzene rings is 2. The molecule has 0 aliphatic heterocycles. The van der Waals surface area contributed by atoms with E-state index in [1.165, 1.54) is 19.2 Å². The van der Waals surface area contributed by atoms with E-state index in [0.717, 1.165) is 5.56 Å². The van der Waals surface area contributed by atoms with Crippen molar-refractivity contribution >= 4 is 40.5 Å². The van der Waals surface area contributed by atoms with Gasteiger partial charge in [-0.1, -0.05) is 0 Å². The lowest BCUT2D eigenvalue weighted by Gasteiger charge is -2.06. The molecule has 0 heterocycles. The molecule has 0 aromatic heterocycles. The van der Waals surface area contributed by atoms with E-state index in [0.29, 0.717) is 15.0 Å². The van der Waals surface area contributed by atoms with Crippen molar-refractivity contribution in [2.24, 2.45) is 5.10 Å². The fraction of sp³-hybridized carbons (Fsp3) is 0.0667. The predicted octanol–water partition coefficient (Wildman–Crippen LogP) is 3.15. The van der Waals surface area contributed by atoms with Crippen LogP contribution < -0.4 is 10.2 Å². The van der Waals surface area contributed by atoms with Gasteiger partial charge in [0.25, 0.3) is 0 Å². The minimum atomic E-state index is -0.971. The summed E-state index contributed by atoms with van der Waals surface area (Å²) < 4.78 is 5.73. The number of carbonyl (C=O) groups is 1. The largest absolute Gasteiger partial charge is 0.504 e. The van der Waals surface area contributed by atoms with Gasteiger partial charge in [-0.2, -0.15) is 5.10 Å². The van der Waals surface area contributed by atoms with Crippen molar-refractivity contribution in [1.29, 1.82) is 0 Å². The Morgan fingerprint density at radius 1 is 1.32 bits per heavy atom. The van der Waals surface area contributed by atoms with Gasteiger partial charge in [0.15, 0.2) is 11.5 Å². The van der Waals surface area contributed by atoms with Gasteiger partial charge < -0.3 is 14.9 Å². The van der Waals surface area contributed by atoms with Crippen LogP contribution in [0.3, 0.4) is 0 Å². The number of carboxylic acids is 1. The van der Waals surface area contributed by atoms with Crippen molar-refractivity contribution in [2.75, 3.05) is 12.5 Å². The quantitative estimate of drug-likeness (QED) is 0.399. The van der Waals surface area contributed by atoms with Crippen molar-refractivity contribution in [1.82, 2.24) is 0 Å². The van der Waals surface area contributed by atoms with Crippen molar-refractivity contribution < 1.29 is 19.7 Å². The van der Waals surface area contributed by atoms with Gasteiger partial charge in [-0.3, -0.25) is 5.43 Å². The minimum absolute atomic E-state index is 0.0949. The number of nitrogens with zero attached hydrogens (tertiary/aromatic N) is 1. The van der Waals surface area contributed by atoms with E-state index < -0.39 is 5.97 Å². The van der Waals surface area contributed by atoms with Crippen LogP contribution in [0, 0.1) is 3.57 Å². The second kappa shape index (κ2) is 7.12. The molecule has 2 rings (SSSR count). The second-order valence-electron chi connectivity index (χ2n) is 4.31. The standard InChI is InChI=1S/C15H13IN2O4/c1-22-13-7-9(6-12(16)14(13)19)8-17-18-11-4-2-10(3-5-11)15(20)21/h2-8,18-19H,1H3,(H,20,21). The second-order valence-corrected chi connectivity index (χ2v) is 5.47. The number of methoxy groups -OCH3 is 1. The van der Waals surface area contributed by atoms with E-state index >= 15 is 0 Å². The van der Waals surface area contributed by atoms with E-state index in [9.17, 15) is 9.90 Å². The Bertz CT molecular complexity index is 714. The molecule has 0 atom stereocenters. The highest BCUT2D eigenvalue weighted by Crippen LogP contribution is 2.31. The molecule has 0 bridgehead atoms. The molecule has 22 heavy (non-hydrogen) atoms. The topological polar surface area (TPSA) is 91.2 Å². The maximum atomic E-state index is 10.7. The van der Waals surface area contributed by atoms with Gasteiger partial charge in [0.05, 0.1) is 28.1 Å². The van der Waals surface area contributed by atoms with Crippen LogP contribution >= 0.6 is 22.6 Å². The van der Waals surface area contributed by atoms with Gasteiger partial charge in [0.1, 0.15) is 0 Å². The monoisotopic (exact) mass is 412 g/mol. The summed E-state index contributed by atoms with van der Waals surface area (Å²) in [4.78, 5) is 10.7. The summed E-state index contributed by atoms with van der Waals surface area (Å²) >= 11 is 2.00. The molecule has 6 nitrogen and oxygen atoms in total. The first kappa shape index (κ1) is 16.1. The highest BCUT2D eigenvalue weighted by atomic mass is 127. The molecule has 114 valence electrons. The smallest absolute Gasteiger partial charge is 0.335 e. The van der Waals surface area contributed by atoms with Crippen LogP contribution in [0.15, 0.2) is 41.5 Å². The molecule has 2 aromatic rings. The number of aromatic hydroxyl groups is 1. The van der Waals surface area contributed by atoms with Crippen molar-refractivity contribution in [3.63, 3.8) is 0 Å². The van der Waals surface area contributed by atoms with Crippen molar-refractivity contribution in [3.05, 3.63) is 51.1 Å². The molecular formula is C15H13IN2O4. The zero-order chi connectivity index (χ0) is 16.1. The van der Waals surface area contributed by atoms with Crippen LogP contribution in [0.1, 0.15) is 15.9 Å². The van der Waals surface area contributed by atoms with E-state index in [4.69, 9.17) is 9.84 Å². The fourth-order valence-corrected chi connectivity index (χ4v) is 2.32. The Kier molecular flexibility index (Phi) is 5.21. The number of phenols is 1. The molecule has 0 fully saturated rings. The van der Waals surface area contributed by atoms with Gasteiger partial charge in [0.2, 0.25) is 0 Å². The van der Waals surface area contributed by atoms with E-state index in [-0.39, 0.29) is 11.3 Å². The van der Waals surface area contributed by atoms with E-state index in [1.807, 2.05) is 22.6 Å². The number of anilines is 1. The average molecular weight is 412 g/mol. The Labute approximate surface area is 140 Å². The molecule has 0 saturated carbocycles. The molecule has 0 spiro atoms. The molecule has 2 aromatic carbocycles. The molecule has 0 aliphatic carbocycles. The van der Waals surface area contributed by atoms with Crippen LogP contribution in [0.4, 0.5) is 5.69 Å². The minimum Gasteiger partial charge on any atom is -0.504 e. The zero-order valence-corrected chi connectivity index (χ0v) is 13.7. The third-order valence-electron chi connectivity index (χ3n) is 2.81. The number of hydrogen-bond acceptors (Lipinski definition) is 5. The Balaban J connectivity index is 2.09. The maximum absolute atomic E-state index is 10.7. The van der Waals surface area contributed by atoms with Gasteiger partial charge >= 0.3 is 5.97 Å². The predicted molar refractivity (Wildman–Crippen MR) is 92.0 cm³/mol. The van der Waals surface area contributed by atoms with Gasteiger partial charge in [-0.15, -0.1) is 0 Å². The fourth-order valence-electron chi connectivity index (χ4n) is 1.69. The highest BCUT2D eigenvalue weighted by molar-refractivity contribution is 14.1. The van der Waals surface area contributed by atoms with Crippen LogP contribution in [0.5, 0.6) is 11.5 Å². The SMILES string of the molecule is COc1cc(C=NNc2ccc(C(=O)O)cc2)cc(I)c1O. The molecular weight excluding hydrogens is 399 g/mol. The summed E-state index contributed by atoms with van der Waals surface area (Å²) in [6.45, 7) is 0. The van der Waals surface area contributed by atoms with Gasteiger partial charge in [0, 0.05) is 0 Å². The number of hydrogen-bond donors (Lipinski definition) is 3. The number of rotatable bonds is 5. The summed E-state index contributed by atoms with van der Waals surface area (Å²) in [5, 5.41) is 22.6. The number of nitrogens with one attached hydrogen (secondary N) is 1. The van der Waals surface area contributed by atoms with Crippen LogP contribution in [-0.4, -0.2) is 29.5 Å². The number of hydrazone groups is 1. The Morgan fingerprint density at radius 2 is 2.00 bits per heavy atom. The molecule has 0 amide bonds. The molecule has 7 heteroatoms. The third kappa shape index (κ3) is 3.88. The number of aromatic carboxylic acids is 1. The average Bonchev–Trinajstić information content (AvgIpc) is 2.51. The first-order valence-corrected chi connectivity index (χ1v) is 7.28. The lowest BCUT2D eigenvalue weighted by atomic mass is 10.2. The molecule has 0 aliphatic rings.